The highest BCUT2D eigenvalue weighted by molar-refractivity contribution is 5.95. The number of methoxy groups -OCH3 is 1. The van der Waals surface area contributed by atoms with Gasteiger partial charge in [0, 0.05) is 51.2 Å². The number of hydrogen-bond acceptors (Lipinski definition) is 10. The molecule has 2 fully saturated rings. The molecule has 1 saturated carbocycles. The van der Waals surface area contributed by atoms with Gasteiger partial charge in [0.1, 0.15) is 17.2 Å². The van der Waals surface area contributed by atoms with Crippen molar-refractivity contribution in [1.29, 1.82) is 0 Å². The molecule has 1 aliphatic carbocycles. The lowest BCUT2D eigenvalue weighted by atomic mass is 10.0. The second kappa shape index (κ2) is 14.2. The van der Waals surface area contributed by atoms with Crippen LogP contribution in [0.1, 0.15) is 53.3 Å². The Bertz CT molecular complexity index is 1440. The van der Waals surface area contributed by atoms with E-state index in [0.29, 0.717) is 86.2 Å². The molecule has 0 radical (unpaired) electrons. The summed E-state index contributed by atoms with van der Waals surface area (Å²) in [6.07, 6.45) is 3.54. The molecule has 12 nitrogen and oxygen atoms in total. The maximum atomic E-state index is 13.1. The number of benzene rings is 2. The minimum absolute atomic E-state index is 0.128. The van der Waals surface area contributed by atoms with E-state index in [9.17, 15) is 9.59 Å². The molecule has 1 aromatic heterocycles. The third-order valence-corrected chi connectivity index (χ3v) is 7.94. The molecule has 2 atom stereocenters. The maximum absolute atomic E-state index is 13.1. The summed E-state index contributed by atoms with van der Waals surface area (Å²) in [6.45, 7) is 3.44. The molecule has 3 aliphatic rings. The molecule has 3 heterocycles. The minimum atomic E-state index is -0.299. The highest BCUT2D eigenvalue weighted by atomic mass is 16.5. The summed E-state index contributed by atoms with van der Waals surface area (Å²) in [5.41, 5.74) is 1.35. The lowest BCUT2D eigenvalue weighted by Crippen LogP contribution is -2.55. The van der Waals surface area contributed by atoms with E-state index in [1.807, 2.05) is 24.3 Å². The van der Waals surface area contributed by atoms with Crippen molar-refractivity contribution in [3.05, 3.63) is 65.3 Å². The topological polar surface area (TPSA) is 137 Å². The predicted molar refractivity (Wildman–Crippen MR) is 158 cm³/mol. The van der Waals surface area contributed by atoms with Crippen molar-refractivity contribution in [2.24, 2.45) is 5.92 Å². The Morgan fingerprint density at radius 2 is 2.00 bits per heavy atom. The first-order chi connectivity index (χ1) is 21.5. The van der Waals surface area contributed by atoms with Gasteiger partial charge in [-0.05, 0) is 55.0 Å². The zero-order valence-corrected chi connectivity index (χ0v) is 25.0. The average Bonchev–Trinajstić information content (AvgIpc) is 3.75. The number of rotatable bonds is 8. The van der Waals surface area contributed by atoms with Crippen LogP contribution in [-0.2, 0) is 33.8 Å². The van der Waals surface area contributed by atoms with Crippen molar-refractivity contribution in [1.82, 2.24) is 25.7 Å². The molecular weight excluding hydrogens is 566 g/mol. The zero-order chi connectivity index (χ0) is 30.3. The largest absolute Gasteiger partial charge is 0.493 e. The van der Waals surface area contributed by atoms with E-state index in [1.165, 1.54) is 0 Å². The highest BCUT2D eigenvalue weighted by Crippen LogP contribution is 2.32. The summed E-state index contributed by atoms with van der Waals surface area (Å²) >= 11 is 0. The standard InChI is InChI=1S/C32H39N5O7/c1-40-12-9-29-35-31(44-36-29)18-37-11-8-28-27(17-37)34-30(38)7-10-33-32(39)23-14-25(41-19-21-5-6-21)16-26(15-23)43-24-4-2-3-22(13-24)20-42-28/h2-4,13-16,21,27-28H,5-12,17-20H2,1H3,(H,33,39)(H,34,38)/t27-,28+/m0/s1. The van der Waals surface area contributed by atoms with E-state index in [-0.39, 0.29) is 36.9 Å². The first kappa shape index (κ1) is 30.0. The van der Waals surface area contributed by atoms with Crippen LogP contribution in [-0.4, -0.2) is 79.0 Å². The minimum Gasteiger partial charge on any atom is -0.493 e. The second-order valence-electron chi connectivity index (χ2n) is 11.6. The first-order valence-electron chi connectivity index (χ1n) is 15.3. The normalized spacial score (nSPS) is 21.4. The number of nitrogens with zero attached hydrogens (tertiary/aromatic N) is 3. The Morgan fingerprint density at radius 3 is 2.86 bits per heavy atom. The number of carbonyl (C=O) groups excluding carboxylic acids is 2. The molecule has 0 spiro atoms. The Balaban J connectivity index is 1.16. The van der Waals surface area contributed by atoms with Crippen molar-refractivity contribution in [3.8, 4) is 17.2 Å². The first-order valence-corrected chi connectivity index (χ1v) is 15.3. The Hall–Kier alpha value is -4.00. The van der Waals surface area contributed by atoms with E-state index in [1.54, 1.807) is 25.3 Å². The summed E-state index contributed by atoms with van der Waals surface area (Å²) in [4.78, 5) is 32.8. The lowest BCUT2D eigenvalue weighted by molar-refractivity contribution is -0.124. The molecule has 4 bridgehead atoms. The van der Waals surface area contributed by atoms with Gasteiger partial charge >= 0.3 is 0 Å². The fourth-order valence-corrected chi connectivity index (χ4v) is 5.37. The third kappa shape index (κ3) is 8.34. The van der Waals surface area contributed by atoms with Gasteiger partial charge in [0.05, 0.1) is 38.5 Å². The average molecular weight is 606 g/mol. The van der Waals surface area contributed by atoms with Gasteiger partial charge in [0.15, 0.2) is 5.82 Å². The van der Waals surface area contributed by atoms with Gasteiger partial charge < -0.3 is 34.1 Å². The molecule has 44 heavy (non-hydrogen) atoms. The van der Waals surface area contributed by atoms with Crippen LogP contribution in [0.5, 0.6) is 17.2 Å². The fourth-order valence-electron chi connectivity index (χ4n) is 5.37. The number of hydrogen-bond donors (Lipinski definition) is 2. The van der Waals surface area contributed by atoms with E-state index in [4.69, 9.17) is 23.5 Å². The lowest BCUT2D eigenvalue weighted by Gasteiger charge is -2.38. The quantitative estimate of drug-likeness (QED) is 0.394. The van der Waals surface area contributed by atoms with Crippen molar-refractivity contribution >= 4 is 11.8 Å². The van der Waals surface area contributed by atoms with Crippen molar-refractivity contribution in [2.45, 2.75) is 57.4 Å². The van der Waals surface area contributed by atoms with Crippen LogP contribution in [0.15, 0.2) is 47.0 Å². The Labute approximate surface area is 256 Å². The number of likely N-dealkylation sites (tertiary alicyclic amines) is 1. The van der Waals surface area contributed by atoms with Gasteiger partial charge in [0.2, 0.25) is 11.8 Å². The SMILES string of the molecule is COCCc1noc(CN2CC[C@H]3OCc4cccc(c4)Oc4cc(OCC5CC5)cc(c4)C(=O)NCCC(=O)N[C@H]3C2)n1. The summed E-state index contributed by atoms with van der Waals surface area (Å²) in [6, 6.07) is 12.6. The molecule has 234 valence electrons. The molecule has 2 aromatic carbocycles. The summed E-state index contributed by atoms with van der Waals surface area (Å²) < 4.78 is 29.1. The van der Waals surface area contributed by atoms with E-state index < -0.39 is 0 Å². The second-order valence-corrected chi connectivity index (χ2v) is 11.6. The Morgan fingerprint density at radius 1 is 1.09 bits per heavy atom. The van der Waals surface area contributed by atoms with Crippen LogP contribution in [0.25, 0.3) is 0 Å². The van der Waals surface area contributed by atoms with Crippen LogP contribution in [0.2, 0.25) is 0 Å². The maximum Gasteiger partial charge on any atom is 0.251 e. The summed E-state index contributed by atoms with van der Waals surface area (Å²) in [5.74, 6) is 2.94. The number of aromatic nitrogens is 2. The molecule has 0 unspecified atom stereocenters. The van der Waals surface area contributed by atoms with Crippen molar-refractivity contribution in [2.75, 3.05) is 40.0 Å². The van der Waals surface area contributed by atoms with Gasteiger partial charge in [-0.1, -0.05) is 17.3 Å². The molecule has 2 amide bonds. The molecule has 2 N–H and O–H groups in total. The van der Waals surface area contributed by atoms with Gasteiger partial charge in [-0.15, -0.1) is 0 Å². The predicted octanol–water partition coefficient (Wildman–Crippen LogP) is 3.25. The number of amides is 2. The third-order valence-electron chi connectivity index (χ3n) is 7.94. The highest BCUT2D eigenvalue weighted by Gasteiger charge is 2.32. The van der Waals surface area contributed by atoms with Crippen LogP contribution in [0.3, 0.4) is 0 Å². The van der Waals surface area contributed by atoms with E-state index in [2.05, 4.69) is 25.7 Å². The summed E-state index contributed by atoms with van der Waals surface area (Å²) in [5, 5.41) is 10.0. The van der Waals surface area contributed by atoms with E-state index in [0.717, 1.165) is 24.9 Å². The number of ether oxygens (including phenoxy) is 4. The van der Waals surface area contributed by atoms with Crippen molar-refractivity contribution in [3.63, 3.8) is 0 Å². The van der Waals surface area contributed by atoms with Gasteiger partial charge in [-0.3, -0.25) is 14.5 Å². The molecule has 12 heteroatoms. The summed E-state index contributed by atoms with van der Waals surface area (Å²) in [7, 11) is 1.63. The number of fused-ring (bicyclic) bond motifs is 5. The van der Waals surface area contributed by atoms with Crippen LogP contribution < -0.4 is 20.1 Å². The van der Waals surface area contributed by atoms with Crippen LogP contribution in [0.4, 0.5) is 0 Å². The van der Waals surface area contributed by atoms with Gasteiger partial charge in [0.25, 0.3) is 5.91 Å². The van der Waals surface area contributed by atoms with Crippen LogP contribution in [0, 0.1) is 5.92 Å². The number of piperidine rings is 1. The molecule has 3 aromatic rings. The Kier molecular flexibility index (Phi) is 9.69. The number of carbonyl (C=O) groups is 2. The number of nitrogens with one attached hydrogen (secondary N) is 2. The smallest absolute Gasteiger partial charge is 0.251 e. The molecule has 2 aliphatic heterocycles. The zero-order valence-electron chi connectivity index (χ0n) is 25.0. The van der Waals surface area contributed by atoms with Crippen molar-refractivity contribution < 1.29 is 33.1 Å². The van der Waals surface area contributed by atoms with E-state index >= 15 is 0 Å². The fraction of sp³-hybridized carbons (Fsp3) is 0.500. The molecule has 6 rings (SSSR count). The van der Waals surface area contributed by atoms with Gasteiger partial charge in [-0.2, -0.15) is 4.98 Å². The molecular formula is C32H39N5O7. The molecule has 1 saturated heterocycles. The van der Waals surface area contributed by atoms with Gasteiger partial charge in [-0.25, -0.2) is 0 Å². The van der Waals surface area contributed by atoms with Crippen LogP contribution >= 0.6 is 0 Å². The monoisotopic (exact) mass is 605 g/mol.